The minimum Gasteiger partial charge on any atom is -0.388 e. The fourth-order valence-electron chi connectivity index (χ4n) is 6.77. The van der Waals surface area contributed by atoms with Crippen molar-refractivity contribution in [2.75, 3.05) is 0 Å². The van der Waals surface area contributed by atoms with Gasteiger partial charge in [0, 0.05) is 12.8 Å². The fourth-order valence-corrected chi connectivity index (χ4v) is 6.77. The summed E-state index contributed by atoms with van der Waals surface area (Å²) in [6.45, 7) is 13.6. The first-order chi connectivity index (χ1) is 14.0. The standard InChI is InChI=1S/C27H44O3/c1-18(2)8-6-9-19(3)23-13-14-24-21(10-7-15-26(23,24)5)11-12-22-16-27(29,30)17-25(28)20(22)4/h11-12,18-19,23-25,28-30H,4,6-10,13-17H2,1-3,5H3/b21-11?,22-12-/t19-,23-,24+,25-,26-/m1/s1. The maximum Gasteiger partial charge on any atom is 0.169 e. The molecule has 3 saturated carbocycles. The minimum atomic E-state index is -1.84. The molecule has 0 heterocycles. The minimum absolute atomic E-state index is 0.0587. The molecule has 170 valence electrons. The summed E-state index contributed by atoms with van der Waals surface area (Å²) in [5.41, 5.74) is 3.31. The topological polar surface area (TPSA) is 60.7 Å². The van der Waals surface area contributed by atoms with Crippen molar-refractivity contribution >= 4 is 0 Å². The second kappa shape index (κ2) is 9.30. The Morgan fingerprint density at radius 1 is 1.13 bits per heavy atom. The van der Waals surface area contributed by atoms with Crippen molar-refractivity contribution in [2.45, 2.75) is 104 Å². The lowest BCUT2D eigenvalue weighted by molar-refractivity contribution is -0.181. The van der Waals surface area contributed by atoms with Crippen LogP contribution in [0.5, 0.6) is 0 Å². The third kappa shape index (κ3) is 5.11. The highest BCUT2D eigenvalue weighted by Gasteiger charge is 2.50. The second-order valence-corrected chi connectivity index (χ2v) is 11.2. The van der Waals surface area contributed by atoms with Gasteiger partial charge in [-0.3, -0.25) is 0 Å². The summed E-state index contributed by atoms with van der Waals surface area (Å²) in [5.74, 6) is 1.19. The molecule has 3 nitrogen and oxygen atoms in total. The van der Waals surface area contributed by atoms with Gasteiger partial charge in [0.25, 0.3) is 0 Å². The van der Waals surface area contributed by atoms with Gasteiger partial charge in [0.2, 0.25) is 0 Å². The number of rotatable bonds is 6. The van der Waals surface area contributed by atoms with Crippen molar-refractivity contribution in [3.05, 3.63) is 35.5 Å². The van der Waals surface area contributed by atoms with Gasteiger partial charge in [-0.1, -0.05) is 71.3 Å². The number of allylic oxidation sites excluding steroid dienone is 3. The molecule has 0 amide bonds. The molecule has 5 atom stereocenters. The molecule has 0 unspecified atom stereocenters. The monoisotopic (exact) mass is 416 g/mol. The van der Waals surface area contributed by atoms with Crippen LogP contribution in [0.2, 0.25) is 0 Å². The zero-order chi connectivity index (χ0) is 22.1. The Balaban J connectivity index is 1.74. The molecule has 30 heavy (non-hydrogen) atoms. The zero-order valence-corrected chi connectivity index (χ0v) is 19.7. The van der Waals surface area contributed by atoms with Crippen LogP contribution in [0.15, 0.2) is 35.5 Å². The molecule has 3 heteroatoms. The quantitative estimate of drug-likeness (QED) is 0.472. The number of aliphatic hydroxyl groups excluding tert-OH is 1. The van der Waals surface area contributed by atoms with E-state index in [0.29, 0.717) is 16.9 Å². The Hall–Kier alpha value is -0.900. The van der Waals surface area contributed by atoms with Crippen molar-refractivity contribution in [1.29, 1.82) is 0 Å². The number of aliphatic hydroxyl groups is 3. The van der Waals surface area contributed by atoms with Crippen LogP contribution >= 0.6 is 0 Å². The molecule has 0 aromatic heterocycles. The highest BCUT2D eigenvalue weighted by molar-refractivity contribution is 5.39. The Morgan fingerprint density at radius 3 is 2.57 bits per heavy atom. The van der Waals surface area contributed by atoms with E-state index in [-0.39, 0.29) is 12.8 Å². The van der Waals surface area contributed by atoms with Gasteiger partial charge in [-0.15, -0.1) is 0 Å². The van der Waals surface area contributed by atoms with Crippen LogP contribution in [-0.4, -0.2) is 27.2 Å². The lowest BCUT2D eigenvalue weighted by Crippen LogP contribution is -2.39. The summed E-state index contributed by atoms with van der Waals surface area (Å²) >= 11 is 0. The summed E-state index contributed by atoms with van der Waals surface area (Å²) in [7, 11) is 0. The predicted molar refractivity (Wildman–Crippen MR) is 124 cm³/mol. The van der Waals surface area contributed by atoms with E-state index >= 15 is 0 Å². The van der Waals surface area contributed by atoms with Gasteiger partial charge < -0.3 is 15.3 Å². The molecule has 3 fully saturated rings. The highest BCUT2D eigenvalue weighted by Crippen LogP contribution is 2.60. The number of fused-ring (bicyclic) bond motifs is 1. The van der Waals surface area contributed by atoms with Crippen molar-refractivity contribution < 1.29 is 15.3 Å². The lowest BCUT2D eigenvalue weighted by Gasteiger charge is -2.44. The van der Waals surface area contributed by atoms with E-state index in [1.165, 1.54) is 50.5 Å². The molecule has 3 rings (SSSR count). The summed E-state index contributed by atoms with van der Waals surface area (Å²) in [6, 6.07) is 0. The van der Waals surface area contributed by atoms with Gasteiger partial charge in [-0.2, -0.15) is 0 Å². The average Bonchev–Trinajstić information content (AvgIpc) is 3.00. The molecule has 0 radical (unpaired) electrons. The number of hydrogen-bond donors (Lipinski definition) is 3. The fraction of sp³-hybridized carbons (Fsp3) is 0.778. The van der Waals surface area contributed by atoms with Crippen LogP contribution in [0.4, 0.5) is 0 Å². The number of hydrogen-bond acceptors (Lipinski definition) is 3. The second-order valence-electron chi connectivity index (χ2n) is 11.2. The van der Waals surface area contributed by atoms with Crippen molar-refractivity contribution in [1.82, 2.24) is 0 Å². The average molecular weight is 417 g/mol. The molecule has 3 aliphatic rings. The molecule has 0 aromatic carbocycles. The molecule has 0 aliphatic heterocycles. The first-order valence-corrected chi connectivity index (χ1v) is 12.2. The summed E-state index contributed by atoms with van der Waals surface area (Å²) in [5, 5.41) is 30.2. The van der Waals surface area contributed by atoms with Gasteiger partial charge in [0.1, 0.15) is 0 Å². The third-order valence-electron chi connectivity index (χ3n) is 8.47. The molecule has 0 aromatic rings. The van der Waals surface area contributed by atoms with Gasteiger partial charge in [-0.05, 0) is 72.3 Å². The van der Waals surface area contributed by atoms with Crippen LogP contribution < -0.4 is 0 Å². The SMILES string of the molecule is C=C1/C(=C\C=C2CCC[C@]3(C)[C@@H]([C@H](C)CCCC(C)C)CC[C@@H]23)CC(O)(O)C[C@H]1O. The molecule has 0 spiro atoms. The normalized spacial score (nSPS) is 37.7. The van der Waals surface area contributed by atoms with E-state index in [1.54, 1.807) is 0 Å². The Labute approximate surface area is 184 Å². The van der Waals surface area contributed by atoms with Gasteiger partial charge >= 0.3 is 0 Å². The van der Waals surface area contributed by atoms with E-state index in [1.807, 2.05) is 6.08 Å². The summed E-state index contributed by atoms with van der Waals surface area (Å²) in [4.78, 5) is 0. The van der Waals surface area contributed by atoms with Crippen molar-refractivity contribution in [3.63, 3.8) is 0 Å². The van der Waals surface area contributed by atoms with Crippen molar-refractivity contribution in [2.24, 2.45) is 29.1 Å². The third-order valence-corrected chi connectivity index (χ3v) is 8.47. The molecular formula is C27H44O3. The zero-order valence-electron chi connectivity index (χ0n) is 19.7. The first kappa shape index (κ1) is 23.8. The van der Waals surface area contributed by atoms with Gasteiger partial charge in [-0.25, -0.2) is 0 Å². The van der Waals surface area contributed by atoms with Crippen molar-refractivity contribution in [3.8, 4) is 0 Å². The molecule has 0 bridgehead atoms. The lowest BCUT2D eigenvalue weighted by atomic mass is 9.60. The van der Waals surface area contributed by atoms with E-state index in [4.69, 9.17) is 0 Å². The highest BCUT2D eigenvalue weighted by atomic mass is 16.5. The van der Waals surface area contributed by atoms with Crippen LogP contribution in [0, 0.1) is 29.1 Å². The van der Waals surface area contributed by atoms with Gasteiger partial charge in [0.05, 0.1) is 6.10 Å². The molecule has 3 aliphatic carbocycles. The van der Waals surface area contributed by atoms with E-state index in [2.05, 4.69) is 40.3 Å². The molecule has 3 N–H and O–H groups in total. The molecule has 0 saturated heterocycles. The van der Waals surface area contributed by atoms with Gasteiger partial charge in [0.15, 0.2) is 5.79 Å². The van der Waals surface area contributed by atoms with Crippen LogP contribution in [0.1, 0.15) is 91.9 Å². The van der Waals surface area contributed by atoms with Crippen LogP contribution in [0.25, 0.3) is 0 Å². The smallest absolute Gasteiger partial charge is 0.169 e. The summed E-state index contributed by atoms with van der Waals surface area (Å²) in [6.07, 6.45) is 13.8. The van der Waals surface area contributed by atoms with E-state index in [9.17, 15) is 15.3 Å². The van der Waals surface area contributed by atoms with E-state index in [0.717, 1.165) is 29.7 Å². The van der Waals surface area contributed by atoms with Crippen LogP contribution in [0.3, 0.4) is 0 Å². The molecular weight excluding hydrogens is 372 g/mol. The Bertz CT molecular complexity index is 686. The maximum atomic E-state index is 10.1. The Kier molecular flexibility index (Phi) is 7.37. The predicted octanol–water partition coefficient (Wildman–Crippen LogP) is 5.91. The Morgan fingerprint density at radius 2 is 1.87 bits per heavy atom. The largest absolute Gasteiger partial charge is 0.388 e. The summed E-state index contributed by atoms with van der Waals surface area (Å²) < 4.78 is 0. The maximum absolute atomic E-state index is 10.1. The first-order valence-electron chi connectivity index (χ1n) is 12.2. The van der Waals surface area contributed by atoms with Crippen LogP contribution in [-0.2, 0) is 0 Å². The van der Waals surface area contributed by atoms with E-state index < -0.39 is 11.9 Å².